The first-order chi connectivity index (χ1) is 11.2. The molecule has 2 heterocycles. The van der Waals surface area contributed by atoms with Crippen LogP contribution in [0, 0.1) is 18.7 Å². The number of hydrogen-bond acceptors (Lipinski definition) is 3. The summed E-state index contributed by atoms with van der Waals surface area (Å²) in [6.07, 6.45) is -2.11. The van der Waals surface area contributed by atoms with Gasteiger partial charge in [0.25, 0.3) is 0 Å². The van der Waals surface area contributed by atoms with Gasteiger partial charge in [-0.05, 0) is 43.7 Å². The Kier molecular flexibility index (Phi) is 4.36. The lowest BCUT2D eigenvalue weighted by molar-refractivity contribution is -0.141. The van der Waals surface area contributed by atoms with E-state index < -0.39 is 17.7 Å². The van der Waals surface area contributed by atoms with Crippen molar-refractivity contribution in [2.75, 3.05) is 0 Å². The minimum atomic E-state index is -4.53. The lowest BCUT2D eigenvalue weighted by Crippen LogP contribution is -2.13. The standard InChI is InChI=1S/C16H17F4N3S/c1-4-23-7-11(17)15(22-23)24-13-9(3)14(16(18,19)20)21-12-6-8(2)5-10(12)13/h7-8H,4-6H2,1-3H3. The normalized spacial score (nSPS) is 17.4. The van der Waals surface area contributed by atoms with E-state index in [1.807, 2.05) is 13.8 Å². The molecule has 0 saturated heterocycles. The van der Waals surface area contributed by atoms with Crippen molar-refractivity contribution in [3.63, 3.8) is 0 Å². The molecule has 0 aromatic carbocycles. The molecule has 8 heteroatoms. The zero-order chi connectivity index (χ0) is 17.6. The van der Waals surface area contributed by atoms with Crippen molar-refractivity contribution >= 4 is 11.8 Å². The zero-order valence-corrected chi connectivity index (χ0v) is 14.4. The smallest absolute Gasteiger partial charge is 0.269 e. The Morgan fingerprint density at radius 2 is 2.04 bits per heavy atom. The summed E-state index contributed by atoms with van der Waals surface area (Å²) in [6, 6.07) is 0. The van der Waals surface area contributed by atoms with Gasteiger partial charge in [-0.15, -0.1) is 0 Å². The molecular weight excluding hydrogens is 342 g/mol. The third kappa shape index (κ3) is 3.03. The molecule has 0 spiro atoms. The minimum Gasteiger partial charge on any atom is -0.269 e. The van der Waals surface area contributed by atoms with Crippen molar-refractivity contribution in [1.29, 1.82) is 0 Å². The van der Waals surface area contributed by atoms with E-state index in [0.29, 0.717) is 30.0 Å². The first kappa shape index (κ1) is 17.3. The maximum absolute atomic E-state index is 14.0. The largest absolute Gasteiger partial charge is 0.433 e. The maximum atomic E-state index is 14.0. The topological polar surface area (TPSA) is 30.7 Å². The number of rotatable bonds is 3. The van der Waals surface area contributed by atoms with Crippen LogP contribution in [0.2, 0.25) is 0 Å². The summed E-state index contributed by atoms with van der Waals surface area (Å²) in [6.45, 7) is 5.69. The molecule has 2 aromatic heterocycles. The Labute approximate surface area is 141 Å². The van der Waals surface area contributed by atoms with Gasteiger partial charge < -0.3 is 0 Å². The molecule has 1 aliphatic carbocycles. The lowest BCUT2D eigenvalue weighted by Gasteiger charge is -2.16. The Morgan fingerprint density at radius 1 is 1.33 bits per heavy atom. The summed E-state index contributed by atoms with van der Waals surface area (Å²) >= 11 is 0.968. The molecule has 1 aliphatic rings. The van der Waals surface area contributed by atoms with Crippen molar-refractivity contribution in [2.24, 2.45) is 5.92 Å². The van der Waals surface area contributed by atoms with E-state index in [0.717, 1.165) is 17.3 Å². The minimum absolute atomic E-state index is 0.0470. The van der Waals surface area contributed by atoms with Crippen molar-refractivity contribution in [2.45, 2.75) is 56.3 Å². The SMILES string of the molecule is CCn1cc(F)c(Sc2c(C)c(C(F)(F)F)nc3c2CC(C)C3)n1. The maximum Gasteiger partial charge on any atom is 0.433 e. The molecule has 0 saturated carbocycles. The third-order valence-corrected chi connectivity index (χ3v) is 5.36. The van der Waals surface area contributed by atoms with E-state index >= 15 is 0 Å². The quantitative estimate of drug-likeness (QED) is 0.748. The van der Waals surface area contributed by atoms with Crippen molar-refractivity contribution < 1.29 is 17.6 Å². The van der Waals surface area contributed by atoms with Gasteiger partial charge in [0.05, 0.1) is 6.20 Å². The van der Waals surface area contributed by atoms with Crippen LogP contribution >= 0.6 is 11.8 Å². The van der Waals surface area contributed by atoms with Crippen LogP contribution in [0.15, 0.2) is 16.1 Å². The van der Waals surface area contributed by atoms with Crippen molar-refractivity contribution in [3.05, 3.63) is 34.5 Å². The van der Waals surface area contributed by atoms with Gasteiger partial charge in [-0.3, -0.25) is 4.68 Å². The first-order valence-corrected chi connectivity index (χ1v) is 8.52. The van der Waals surface area contributed by atoms with Crippen LogP contribution in [0.5, 0.6) is 0 Å². The van der Waals surface area contributed by atoms with Crippen LogP contribution in [-0.4, -0.2) is 14.8 Å². The van der Waals surface area contributed by atoms with Gasteiger partial charge in [0, 0.05) is 17.1 Å². The second-order valence-electron chi connectivity index (χ2n) is 6.09. The molecule has 2 aromatic rings. The molecule has 0 aliphatic heterocycles. The van der Waals surface area contributed by atoms with Crippen LogP contribution in [0.4, 0.5) is 17.6 Å². The van der Waals surface area contributed by atoms with Gasteiger partial charge in [0.15, 0.2) is 10.8 Å². The fourth-order valence-electron chi connectivity index (χ4n) is 3.00. The molecule has 3 nitrogen and oxygen atoms in total. The first-order valence-electron chi connectivity index (χ1n) is 7.71. The number of nitrogens with zero attached hydrogens (tertiary/aromatic N) is 3. The number of fused-ring (bicyclic) bond motifs is 1. The second-order valence-corrected chi connectivity index (χ2v) is 7.09. The van der Waals surface area contributed by atoms with Gasteiger partial charge in [-0.2, -0.15) is 18.3 Å². The average molecular weight is 359 g/mol. The summed E-state index contributed by atoms with van der Waals surface area (Å²) in [4.78, 5) is 4.30. The van der Waals surface area contributed by atoms with Gasteiger partial charge in [0.2, 0.25) is 0 Å². The summed E-state index contributed by atoms with van der Waals surface area (Å²) < 4.78 is 55.4. The van der Waals surface area contributed by atoms with Crippen LogP contribution in [0.1, 0.15) is 36.4 Å². The molecule has 0 N–H and O–H groups in total. The Hall–Kier alpha value is -1.57. The highest BCUT2D eigenvalue weighted by atomic mass is 32.2. The van der Waals surface area contributed by atoms with Crippen LogP contribution in [0.25, 0.3) is 0 Å². The van der Waals surface area contributed by atoms with Crippen molar-refractivity contribution in [3.8, 4) is 0 Å². The van der Waals surface area contributed by atoms with Gasteiger partial charge >= 0.3 is 6.18 Å². The van der Waals surface area contributed by atoms with E-state index in [4.69, 9.17) is 0 Å². The van der Waals surface area contributed by atoms with Gasteiger partial charge in [-0.1, -0.05) is 18.7 Å². The molecule has 3 rings (SSSR count). The third-order valence-electron chi connectivity index (χ3n) is 4.14. The molecule has 1 unspecified atom stereocenters. The highest BCUT2D eigenvalue weighted by Gasteiger charge is 2.38. The highest BCUT2D eigenvalue weighted by Crippen LogP contribution is 2.43. The number of aromatic nitrogens is 3. The van der Waals surface area contributed by atoms with Gasteiger partial charge in [-0.25, -0.2) is 9.37 Å². The summed E-state index contributed by atoms with van der Waals surface area (Å²) in [5, 5.41) is 4.20. The van der Waals surface area contributed by atoms with Gasteiger partial charge in [0.1, 0.15) is 5.69 Å². The van der Waals surface area contributed by atoms with Crippen molar-refractivity contribution in [1.82, 2.24) is 14.8 Å². The predicted octanol–water partition coefficient (Wildman–Crippen LogP) is 4.65. The monoisotopic (exact) mass is 359 g/mol. The molecule has 0 radical (unpaired) electrons. The van der Waals surface area contributed by atoms with E-state index in [1.54, 1.807) is 0 Å². The molecular formula is C16H17F4N3S. The van der Waals surface area contributed by atoms with Crippen LogP contribution in [0.3, 0.4) is 0 Å². The summed E-state index contributed by atoms with van der Waals surface area (Å²) in [5.74, 6) is -0.292. The predicted molar refractivity (Wildman–Crippen MR) is 82.5 cm³/mol. The fourth-order valence-corrected chi connectivity index (χ4v) is 4.07. The number of aryl methyl sites for hydroxylation is 1. The zero-order valence-electron chi connectivity index (χ0n) is 13.5. The van der Waals surface area contributed by atoms with E-state index in [-0.39, 0.29) is 16.5 Å². The molecule has 24 heavy (non-hydrogen) atoms. The number of halogens is 4. The second kappa shape index (κ2) is 6.06. The molecule has 0 fully saturated rings. The van der Waals surface area contributed by atoms with E-state index in [9.17, 15) is 17.6 Å². The fraction of sp³-hybridized carbons (Fsp3) is 0.500. The average Bonchev–Trinajstić information content (AvgIpc) is 3.03. The lowest BCUT2D eigenvalue weighted by atomic mass is 10.1. The molecule has 1 atom stereocenters. The number of pyridine rings is 1. The summed E-state index contributed by atoms with van der Waals surface area (Å²) in [7, 11) is 0. The number of hydrogen-bond donors (Lipinski definition) is 0. The van der Waals surface area contributed by atoms with Crippen LogP contribution < -0.4 is 0 Å². The Bertz CT molecular complexity index is 783. The Balaban J connectivity index is 2.12. The highest BCUT2D eigenvalue weighted by molar-refractivity contribution is 7.99. The van der Waals surface area contributed by atoms with E-state index in [2.05, 4.69) is 10.1 Å². The molecule has 0 bridgehead atoms. The Morgan fingerprint density at radius 3 is 2.62 bits per heavy atom. The van der Waals surface area contributed by atoms with Crippen LogP contribution in [-0.2, 0) is 25.6 Å². The van der Waals surface area contributed by atoms with E-state index in [1.165, 1.54) is 17.8 Å². The summed E-state index contributed by atoms with van der Waals surface area (Å²) in [5.41, 5.74) is 0.431. The molecule has 0 amide bonds. The molecule has 130 valence electrons. The number of alkyl halides is 3.